The highest BCUT2D eigenvalue weighted by Crippen LogP contribution is 2.32. The topological polar surface area (TPSA) is 69.0 Å². The normalized spacial score (nSPS) is 12.0. The molecule has 164 valence electrons. The molecule has 4 rings (SSSR count). The highest BCUT2D eigenvalue weighted by molar-refractivity contribution is 7.98. The van der Waals surface area contributed by atoms with Gasteiger partial charge in [0.1, 0.15) is 17.3 Å². The van der Waals surface area contributed by atoms with Crippen molar-refractivity contribution in [3.05, 3.63) is 78.0 Å². The first kappa shape index (κ1) is 21.9. The number of benzene rings is 2. The molecule has 6 nitrogen and oxygen atoms in total. The van der Waals surface area contributed by atoms with Crippen molar-refractivity contribution in [2.75, 3.05) is 12.4 Å². The number of carbonyl (C=O) groups excluding carboxylic acids is 1. The number of imidazole rings is 1. The maximum atomic E-state index is 13.4. The number of ether oxygens (including phenoxy) is 1. The fourth-order valence-corrected chi connectivity index (χ4v) is 4.58. The summed E-state index contributed by atoms with van der Waals surface area (Å²) in [5.74, 6) is 1.26. The van der Waals surface area contributed by atoms with Gasteiger partial charge >= 0.3 is 0 Å². The average Bonchev–Trinajstić information content (AvgIpc) is 3.18. The van der Waals surface area contributed by atoms with Crippen molar-refractivity contribution in [3.63, 3.8) is 0 Å². The van der Waals surface area contributed by atoms with E-state index >= 15 is 0 Å². The summed E-state index contributed by atoms with van der Waals surface area (Å²) >= 11 is 1.61. The molecule has 0 spiro atoms. The highest BCUT2D eigenvalue weighted by atomic mass is 32.2. The number of aromatic nitrogens is 3. The molecule has 1 amide bonds. The molecule has 2 heterocycles. The van der Waals surface area contributed by atoms with Crippen LogP contribution in [0.5, 0.6) is 5.75 Å². The number of hydrogen-bond donors (Lipinski definition) is 1. The zero-order valence-corrected chi connectivity index (χ0v) is 19.2. The van der Waals surface area contributed by atoms with Gasteiger partial charge in [0.25, 0.3) is 0 Å². The first-order valence-electron chi connectivity index (χ1n) is 10.6. The van der Waals surface area contributed by atoms with Crippen LogP contribution in [-0.4, -0.2) is 27.6 Å². The van der Waals surface area contributed by atoms with Crippen molar-refractivity contribution in [1.82, 2.24) is 14.5 Å². The SMILES string of the molecule is CCC(C(=O)Nc1ccccc1OC)n1c(SCc2ccc(C)cc2)nc2cccnc21. The second-order valence-electron chi connectivity index (χ2n) is 7.50. The number of thioether (sulfide) groups is 1. The van der Waals surface area contributed by atoms with Crippen LogP contribution < -0.4 is 10.1 Å². The van der Waals surface area contributed by atoms with Gasteiger partial charge in [-0.2, -0.15) is 0 Å². The summed E-state index contributed by atoms with van der Waals surface area (Å²) in [5.41, 5.74) is 4.57. The molecule has 1 N–H and O–H groups in total. The number of hydrogen-bond acceptors (Lipinski definition) is 5. The maximum absolute atomic E-state index is 13.4. The Labute approximate surface area is 192 Å². The lowest BCUT2D eigenvalue weighted by atomic mass is 10.2. The third kappa shape index (κ3) is 4.62. The Morgan fingerprint density at radius 1 is 1.12 bits per heavy atom. The van der Waals surface area contributed by atoms with Crippen molar-refractivity contribution in [2.45, 2.75) is 37.2 Å². The van der Waals surface area contributed by atoms with E-state index < -0.39 is 6.04 Å². The molecule has 2 aromatic carbocycles. The molecule has 0 saturated carbocycles. The van der Waals surface area contributed by atoms with Gasteiger partial charge in [0.15, 0.2) is 10.8 Å². The number of nitrogens with zero attached hydrogens (tertiary/aromatic N) is 3. The number of carbonyl (C=O) groups is 1. The van der Waals surface area contributed by atoms with E-state index in [-0.39, 0.29) is 5.91 Å². The summed E-state index contributed by atoms with van der Waals surface area (Å²) in [6, 6.07) is 19.2. The first-order chi connectivity index (χ1) is 15.6. The van der Waals surface area contributed by atoms with E-state index in [1.54, 1.807) is 25.1 Å². The van der Waals surface area contributed by atoms with Crippen molar-refractivity contribution >= 4 is 34.5 Å². The summed E-state index contributed by atoms with van der Waals surface area (Å²) in [5, 5.41) is 3.80. The average molecular weight is 447 g/mol. The Morgan fingerprint density at radius 2 is 1.91 bits per heavy atom. The van der Waals surface area contributed by atoms with E-state index in [2.05, 4.69) is 41.5 Å². The summed E-state index contributed by atoms with van der Waals surface area (Å²) in [7, 11) is 1.59. The van der Waals surface area contributed by atoms with Crippen molar-refractivity contribution in [1.29, 1.82) is 0 Å². The van der Waals surface area contributed by atoms with Gasteiger partial charge in [-0.05, 0) is 43.2 Å². The van der Waals surface area contributed by atoms with E-state index in [1.807, 2.05) is 47.9 Å². The van der Waals surface area contributed by atoms with Gasteiger partial charge in [-0.1, -0.05) is 60.6 Å². The van der Waals surface area contributed by atoms with Crippen LogP contribution in [0.25, 0.3) is 11.2 Å². The van der Waals surface area contributed by atoms with Gasteiger partial charge < -0.3 is 10.1 Å². The molecule has 2 aromatic heterocycles. The molecule has 4 aromatic rings. The molecule has 7 heteroatoms. The minimum atomic E-state index is -0.458. The number of fused-ring (bicyclic) bond motifs is 1. The zero-order valence-electron chi connectivity index (χ0n) is 18.4. The fraction of sp³-hybridized carbons (Fsp3) is 0.240. The molecule has 0 fully saturated rings. The number of rotatable bonds is 8. The van der Waals surface area contributed by atoms with E-state index in [9.17, 15) is 4.79 Å². The van der Waals surface area contributed by atoms with Gasteiger partial charge in [-0.25, -0.2) is 9.97 Å². The number of nitrogens with one attached hydrogen (secondary N) is 1. The molecule has 0 radical (unpaired) electrons. The smallest absolute Gasteiger partial charge is 0.247 e. The molecule has 1 unspecified atom stereocenters. The van der Waals surface area contributed by atoms with Crippen molar-refractivity contribution in [3.8, 4) is 5.75 Å². The van der Waals surface area contributed by atoms with Crippen LogP contribution in [0.2, 0.25) is 0 Å². The molecule has 1 atom stereocenters. The summed E-state index contributed by atoms with van der Waals surface area (Å²) in [6.45, 7) is 4.07. The molecule has 0 aliphatic carbocycles. The zero-order chi connectivity index (χ0) is 22.5. The number of pyridine rings is 1. The van der Waals surface area contributed by atoms with Gasteiger partial charge in [-0.15, -0.1) is 0 Å². The largest absolute Gasteiger partial charge is 0.495 e. The number of para-hydroxylation sites is 2. The quantitative estimate of drug-likeness (QED) is 0.355. The minimum absolute atomic E-state index is 0.126. The van der Waals surface area contributed by atoms with Crippen LogP contribution in [0.4, 0.5) is 5.69 Å². The number of anilines is 1. The first-order valence-corrected chi connectivity index (χ1v) is 11.5. The maximum Gasteiger partial charge on any atom is 0.247 e. The molecule has 32 heavy (non-hydrogen) atoms. The fourth-order valence-electron chi connectivity index (χ4n) is 3.57. The third-order valence-corrected chi connectivity index (χ3v) is 6.29. The molecule has 0 saturated heterocycles. The monoisotopic (exact) mass is 446 g/mol. The Kier molecular flexibility index (Phi) is 6.75. The van der Waals surface area contributed by atoms with Crippen LogP contribution >= 0.6 is 11.8 Å². The number of methoxy groups -OCH3 is 1. The van der Waals surface area contributed by atoms with Crippen LogP contribution in [0.1, 0.15) is 30.5 Å². The second kappa shape index (κ2) is 9.87. The van der Waals surface area contributed by atoms with Crippen LogP contribution in [0, 0.1) is 6.92 Å². The molecule has 0 bridgehead atoms. The van der Waals surface area contributed by atoms with Gasteiger partial charge in [0.2, 0.25) is 5.91 Å². The predicted octanol–water partition coefficient (Wildman–Crippen LogP) is 5.63. The summed E-state index contributed by atoms with van der Waals surface area (Å²) in [6.07, 6.45) is 2.33. The second-order valence-corrected chi connectivity index (χ2v) is 8.44. The Balaban J connectivity index is 1.66. The Bertz CT molecular complexity index is 1220. The van der Waals surface area contributed by atoms with Gasteiger partial charge in [0, 0.05) is 11.9 Å². The highest BCUT2D eigenvalue weighted by Gasteiger charge is 2.26. The van der Waals surface area contributed by atoms with E-state index in [0.29, 0.717) is 23.5 Å². The lowest BCUT2D eigenvalue weighted by Crippen LogP contribution is -2.26. The van der Waals surface area contributed by atoms with Crippen molar-refractivity contribution in [2.24, 2.45) is 0 Å². The lowest BCUT2D eigenvalue weighted by Gasteiger charge is -2.20. The van der Waals surface area contributed by atoms with Crippen LogP contribution in [-0.2, 0) is 10.5 Å². The predicted molar refractivity (Wildman–Crippen MR) is 129 cm³/mol. The molecular formula is C25H26N4O2S. The lowest BCUT2D eigenvalue weighted by molar-refractivity contribution is -0.119. The Morgan fingerprint density at radius 3 is 2.66 bits per heavy atom. The third-order valence-electron chi connectivity index (χ3n) is 5.27. The summed E-state index contributed by atoms with van der Waals surface area (Å²) < 4.78 is 7.35. The molecule has 0 aliphatic rings. The van der Waals surface area contributed by atoms with E-state index in [4.69, 9.17) is 9.72 Å². The minimum Gasteiger partial charge on any atom is -0.495 e. The van der Waals surface area contributed by atoms with Gasteiger partial charge in [-0.3, -0.25) is 9.36 Å². The van der Waals surface area contributed by atoms with E-state index in [1.165, 1.54) is 11.1 Å². The van der Waals surface area contributed by atoms with Crippen molar-refractivity contribution < 1.29 is 9.53 Å². The van der Waals surface area contributed by atoms with Crippen LogP contribution in [0.3, 0.4) is 0 Å². The molecule has 0 aliphatic heterocycles. The van der Waals surface area contributed by atoms with Gasteiger partial charge in [0.05, 0.1) is 12.8 Å². The standard InChI is InChI=1S/C25H26N4O2S/c1-4-21(24(30)27-19-8-5-6-10-22(19)31-3)29-23-20(9-7-15-26-23)28-25(29)32-16-18-13-11-17(2)12-14-18/h5-15,21H,4,16H2,1-3H3,(H,27,30). The van der Waals surface area contributed by atoms with E-state index in [0.717, 1.165) is 16.4 Å². The number of aryl methyl sites for hydroxylation is 1. The summed E-state index contributed by atoms with van der Waals surface area (Å²) in [4.78, 5) is 22.7. The number of amides is 1. The van der Waals surface area contributed by atoms with Crippen LogP contribution in [0.15, 0.2) is 72.0 Å². The Hall–Kier alpha value is -3.32. The molecular weight excluding hydrogens is 420 g/mol.